The van der Waals surface area contributed by atoms with Gasteiger partial charge >= 0.3 is 5.51 Å². The van der Waals surface area contributed by atoms with Gasteiger partial charge in [0.15, 0.2) is 0 Å². The fourth-order valence-electron chi connectivity index (χ4n) is 1.39. The maximum absolute atomic E-state index is 12.2. The van der Waals surface area contributed by atoms with E-state index in [0.717, 1.165) is 0 Å². The summed E-state index contributed by atoms with van der Waals surface area (Å²) in [6, 6.07) is 4.08. The second-order valence-corrected chi connectivity index (χ2v) is 5.23. The van der Waals surface area contributed by atoms with Crippen LogP contribution < -0.4 is 0 Å². The highest BCUT2D eigenvalue weighted by Crippen LogP contribution is 2.42. The number of alkyl halides is 3. The summed E-state index contributed by atoms with van der Waals surface area (Å²) in [6.45, 7) is 0. The van der Waals surface area contributed by atoms with Gasteiger partial charge in [0.05, 0.1) is 15.7 Å². The molecule has 18 heavy (non-hydrogen) atoms. The first-order valence-electron chi connectivity index (χ1n) is 4.61. The minimum atomic E-state index is -4.37. The SMILES string of the molecule is FC(F)(F)Sc1cc(Cl)c(-c2ccn[nH]2)c(Cl)c1. The molecule has 0 bridgehead atoms. The molecule has 0 saturated carbocycles. The molecule has 1 aromatic heterocycles. The van der Waals surface area contributed by atoms with Crippen LogP contribution in [0.25, 0.3) is 11.3 Å². The van der Waals surface area contributed by atoms with Crippen LogP contribution in [-0.2, 0) is 0 Å². The van der Waals surface area contributed by atoms with E-state index in [1.165, 1.54) is 18.3 Å². The molecule has 2 rings (SSSR count). The van der Waals surface area contributed by atoms with Crippen LogP contribution in [0.1, 0.15) is 0 Å². The van der Waals surface area contributed by atoms with E-state index in [2.05, 4.69) is 10.2 Å². The molecule has 96 valence electrons. The molecule has 1 N–H and O–H groups in total. The molecule has 0 aliphatic carbocycles. The van der Waals surface area contributed by atoms with Crippen LogP contribution in [0.3, 0.4) is 0 Å². The molecule has 2 aromatic rings. The van der Waals surface area contributed by atoms with Gasteiger partial charge in [-0.3, -0.25) is 5.10 Å². The van der Waals surface area contributed by atoms with E-state index in [-0.39, 0.29) is 26.7 Å². The maximum atomic E-state index is 12.2. The van der Waals surface area contributed by atoms with Gasteiger partial charge in [0.2, 0.25) is 0 Å². The van der Waals surface area contributed by atoms with Crippen molar-refractivity contribution in [2.24, 2.45) is 0 Å². The number of thioether (sulfide) groups is 1. The van der Waals surface area contributed by atoms with E-state index in [1.807, 2.05) is 0 Å². The quantitative estimate of drug-likeness (QED) is 0.791. The van der Waals surface area contributed by atoms with Crippen LogP contribution in [0, 0.1) is 0 Å². The molecule has 1 aromatic carbocycles. The van der Waals surface area contributed by atoms with Crippen LogP contribution in [0.2, 0.25) is 10.0 Å². The minimum Gasteiger partial charge on any atom is -0.278 e. The minimum absolute atomic E-state index is 0.0548. The lowest BCUT2D eigenvalue weighted by atomic mass is 10.1. The van der Waals surface area contributed by atoms with Gasteiger partial charge in [-0.25, -0.2) is 0 Å². The summed E-state index contributed by atoms with van der Waals surface area (Å²) in [4.78, 5) is -0.0548. The Balaban J connectivity index is 2.42. The second kappa shape index (κ2) is 5.03. The molecule has 0 amide bonds. The number of halogens is 5. The number of nitrogens with zero attached hydrogens (tertiary/aromatic N) is 1. The molecule has 8 heteroatoms. The number of aromatic nitrogens is 2. The zero-order chi connectivity index (χ0) is 13.3. The molecule has 0 aliphatic heterocycles. The highest BCUT2D eigenvalue weighted by Gasteiger charge is 2.30. The molecular weight excluding hydrogens is 308 g/mol. The number of rotatable bonds is 2. The zero-order valence-corrected chi connectivity index (χ0v) is 10.9. The van der Waals surface area contributed by atoms with Crippen LogP contribution >= 0.6 is 35.0 Å². The Morgan fingerprint density at radius 3 is 2.22 bits per heavy atom. The summed E-state index contributed by atoms with van der Waals surface area (Å²) in [5.74, 6) is 0. The van der Waals surface area contributed by atoms with Crippen molar-refractivity contribution < 1.29 is 13.2 Å². The van der Waals surface area contributed by atoms with Crippen molar-refractivity contribution in [1.29, 1.82) is 0 Å². The van der Waals surface area contributed by atoms with E-state index in [9.17, 15) is 13.2 Å². The second-order valence-electron chi connectivity index (χ2n) is 3.28. The monoisotopic (exact) mass is 312 g/mol. The van der Waals surface area contributed by atoms with E-state index in [1.54, 1.807) is 6.07 Å². The van der Waals surface area contributed by atoms with Crippen molar-refractivity contribution in [2.45, 2.75) is 10.4 Å². The standard InChI is InChI=1S/C10H5Cl2F3N2S/c11-6-3-5(18-10(13,14)15)4-7(12)9(6)8-1-2-16-17-8/h1-4H,(H,16,17). The van der Waals surface area contributed by atoms with Gasteiger partial charge in [0.1, 0.15) is 0 Å². The number of hydrogen-bond donors (Lipinski definition) is 1. The molecule has 0 radical (unpaired) electrons. The van der Waals surface area contributed by atoms with E-state index >= 15 is 0 Å². The third-order valence-electron chi connectivity index (χ3n) is 2.02. The van der Waals surface area contributed by atoms with Crippen LogP contribution in [0.4, 0.5) is 13.2 Å². The molecule has 1 heterocycles. The fourth-order valence-corrected chi connectivity index (χ4v) is 2.84. The topological polar surface area (TPSA) is 28.7 Å². The first kappa shape index (κ1) is 13.6. The van der Waals surface area contributed by atoms with Crippen LogP contribution in [-0.4, -0.2) is 15.7 Å². The van der Waals surface area contributed by atoms with E-state index in [4.69, 9.17) is 23.2 Å². The van der Waals surface area contributed by atoms with E-state index in [0.29, 0.717) is 11.3 Å². The van der Waals surface area contributed by atoms with Crippen molar-refractivity contribution in [1.82, 2.24) is 10.2 Å². The van der Waals surface area contributed by atoms with Crippen LogP contribution in [0.5, 0.6) is 0 Å². The fraction of sp³-hybridized carbons (Fsp3) is 0.100. The highest BCUT2D eigenvalue weighted by atomic mass is 35.5. The number of H-pyrrole nitrogens is 1. The van der Waals surface area contributed by atoms with Crippen molar-refractivity contribution in [2.75, 3.05) is 0 Å². The average molecular weight is 313 g/mol. The summed E-state index contributed by atoms with van der Waals surface area (Å²) >= 11 is 11.6. The Morgan fingerprint density at radius 2 is 1.78 bits per heavy atom. The van der Waals surface area contributed by atoms with Crippen molar-refractivity contribution in [3.05, 3.63) is 34.4 Å². The van der Waals surface area contributed by atoms with Crippen molar-refractivity contribution in [3.8, 4) is 11.3 Å². The first-order chi connectivity index (χ1) is 8.37. The molecule has 0 atom stereocenters. The lowest BCUT2D eigenvalue weighted by Gasteiger charge is -2.10. The van der Waals surface area contributed by atoms with E-state index < -0.39 is 5.51 Å². The third kappa shape index (κ3) is 3.13. The summed E-state index contributed by atoms with van der Waals surface area (Å²) in [5, 5.41) is 6.67. The predicted molar refractivity (Wildman–Crippen MR) is 66.0 cm³/mol. The lowest BCUT2D eigenvalue weighted by Crippen LogP contribution is -1.99. The van der Waals surface area contributed by atoms with Gasteiger partial charge in [-0.15, -0.1) is 0 Å². The lowest BCUT2D eigenvalue weighted by molar-refractivity contribution is -0.0328. The van der Waals surface area contributed by atoms with Gasteiger partial charge in [-0.05, 0) is 30.0 Å². The van der Waals surface area contributed by atoms with Crippen molar-refractivity contribution in [3.63, 3.8) is 0 Å². The Morgan fingerprint density at radius 1 is 1.17 bits per heavy atom. The van der Waals surface area contributed by atoms with Gasteiger partial charge in [-0.2, -0.15) is 18.3 Å². The highest BCUT2D eigenvalue weighted by molar-refractivity contribution is 8.00. The molecule has 0 unspecified atom stereocenters. The maximum Gasteiger partial charge on any atom is 0.446 e. The Kier molecular flexibility index (Phi) is 3.79. The molecular formula is C10H5Cl2F3N2S. The molecule has 2 nitrogen and oxygen atoms in total. The zero-order valence-electron chi connectivity index (χ0n) is 8.55. The smallest absolute Gasteiger partial charge is 0.278 e. The molecule has 0 spiro atoms. The van der Waals surface area contributed by atoms with Gasteiger partial charge in [-0.1, -0.05) is 23.2 Å². The average Bonchev–Trinajstić information content (AvgIpc) is 2.66. The first-order valence-corrected chi connectivity index (χ1v) is 6.18. The Labute approximate surface area is 114 Å². The number of benzene rings is 1. The molecule has 0 aliphatic rings. The summed E-state index contributed by atoms with van der Waals surface area (Å²) in [5.41, 5.74) is -3.39. The Bertz CT molecular complexity index is 532. The third-order valence-corrected chi connectivity index (χ3v) is 3.32. The normalized spacial score (nSPS) is 11.8. The summed E-state index contributed by atoms with van der Waals surface area (Å²) < 4.78 is 36.7. The molecule has 0 fully saturated rings. The number of hydrogen-bond acceptors (Lipinski definition) is 2. The number of aromatic amines is 1. The van der Waals surface area contributed by atoms with Gasteiger partial charge in [0.25, 0.3) is 0 Å². The number of nitrogens with one attached hydrogen (secondary N) is 1. The molecule has 0 saturated heterocycles. The van der Waals surface area contributed by atoms with Gasteiger partial charge < -0.3 is 0 Å². The largest absolute Gasteiger partial charge is 0.446 e. The Hall–Kier alpha value is -0.850. The van der Waals surface area contributed by atoms with Gasteiger partial charge in [0, 0.05) is 16.7 Å². The van der Waals surface area contributed by atoms with Crippen LogP contribution in [0.15, 0.2) is 29.3 Å². The van der Waals surface area contributed by atoms with Crippen molar-refractivity contribution >= 4 is 35.0 Å². The summed E-state index contributed by atoms with van der Waals surface area (Å²) in [6.07, 6.45) is 1.50. The summed E-state index contributed by atoms with van der Waals surface area (Å²) in [7, 11) is 0. The predicted octanol–water partition coefficient (Wildman–Crippen LogP) is 5.00.